The summed E-state index contributed by atoms with van der Waals surface area (Å²) in [6, 6.07) is 14.0. The summed E-state index contributed by atoms with van der Waals surface area (Å²) in [5, 5.41) is 7.91. The Bertz CT molecular complexity index is 892. The molecule has 0 bridgehead atoms. The number of ether oxygens (including phenoxy) is 1. The highest BCUT2D eigenvalue weighted by Gasteiger charge is 2.11. The number of hydrogen-bond acceptors (Lipinski definition) is 5. The van der Waals surface area contributed by atoms with Gasteiger partial charge in [0.2, 0.25) is 11.8 Å². The predicted molar refractivity (Wildman–Crippen MR) is 114 cm³/mol. The summed E-state index contributed by atoms with van der Waals surface area (Å²) in [4.78, 5) is 46.5. The first kappa shape index (κ1) is 22.6. The number of aryl methyl sites for hydroxylation is 1. The molecular weight excluding hydrogens is 386 g/mol. The van der Waals surface area contributed by atoms with Crippen LogP contribution in [0.5, 0.6) is 0 Å². The summed E-state index contributed by atoms with van der Waals surface area (Å²) in [5.41, 5.74) is 2.93. The fourth-order valence-electron chi connectivity index (χ4n) is 2.52. The molecule has 2 aromatic rings. The van der Waals surface area contributed by atoms with Crippen LogP contribution >= 0.6 is 0 Å². The minimum atomic E-state index is -0.636. The maximum absolute atomic E-state index is 11.9. The van der Waals surface area contributed by atoms with Gasteiger partial charge in [-0.1, -0.05) is 19.1 Å². The van der Waals surface area contributed by atoms with Gasteiger partial charge >= 0.3 is 5.97 Å². The van der Waals surface area contributed by atoms with Crippen LogP contribution in [0, 0.1) is 0 Å². The molecule has 0 saturated heterocycles. The second kappa shape index (κ2) is 11.4. The molecule has 3 amide bonds. The number of rotatable bonds is 9. The maximum Gasteiger partial charge on any atom is 0.306 e. The molecule has 158 valence electrons. The fourth-order valence-corrected chi connectivity index (χ4v) is 2.52. The van der Waals surface area contributed by atoms with Crippen molar-refractivity contribution in [3.05, 3.63) is 54.1 Å². The van der Waals surface area contributed by atoms with Gasteiger partial charge in [-0.2, -0.15) is 0 Å². The summed E-state index contributed by atoms with van der Waals surface area (Å²) in [7, 11) is 0. The van der Waals surface area contributed by atoms with Gasteiger partial charge in [-0.05, 0) is 48.4 Å². The van der Waals surface area contributed by atoms with Crippen LogP contribution in [-0.2, 0) is 30.3 Å². The Balaban J connectivity index is 1.67. The number of anilines is 3. The predicted octanol–water partition coefficient (Wildman–Crippen LogP) is 3.11. The van der Waals surface area contributed by atoms with Gasteiger partial charge in [-0.25, -0.2) is 0 Å². The normalized spacial score (nSPS) is 10.1. The Morgan fingerprint density at radius 3 is 1.77 bits per heavy atom. The zero-order chi connectivity index (χ0) is 21.9. The van der Waals surface area contributed by atoms with Crippen molar-refractivity contribution >= 4 is 40.8 Å². The van der Waals surface area contributed by atoms with E-state index in [0.717, 1.165) is 12.0 Å². The number of carbonyl (C=O) groups excluding carboxylic acids is 4. The van der Waals surface area contributed by atoms with Crippen LogP contribution in [0.1, 0.15) is 32.3 Å². The lowest BCUT2D eigenvalue weighted by atomic mass is 10.1. The third-order valence-electron chi connectivity index (χ3n) is 4.06. The summed E-state index contributed by atoms with van der Waals surface area (Å²) < 4.78 is 4.90. The first-order valence-electron chi connectivity index (χ1n) is 9.57. The Morgan fingerprint density at radius 1 is 0.733 bits per heavy atom. The van der Waals surface area contributed by atoms with Crippen LogP contribution in [0.4, 0.5) is 17.1 Å². The summed E-state index contributed by atoms with van der Waals surface area (Å²) in [6.07, 6.45) is 0.683. The van der Waals surface area contributed by atoms with Crippen molar-refractivity contribution in [3.63, 3.8) is 0 Å². The zero-order valence-electron chi connectivity index (χ0n) is 17.0. The molecule has 2 aromatic carbocycles. The van der Waals surface area contributed by atoms with Gasteiger partial charge in [0.25, 0.3) is 5.91 Å². The molecule has 3 N–H and O–H groups in total. The smallest absolute Gasteiger partial charge is 0.306 e. The van der Waals surface area contributed by atoms with Gasteiger partial charge in [0, 0.05) is 30.4 Å². The molecule has 0 heterocycles. The third-order valence-corrected chi connectivity index (χ3v) is 4.06. The van der Waals surface area contributed by atoms with Crippen molar-refractivity contribution in [2.24, 2.45) is 0 Å². The molecule has 8 nitrogen and oxygen atoms in total. The van der Waals surface area contributed by atoms with E-state index in [4.69, 9.17) is 4.74 Å². The maximum atomic E-state index is 11.9. The van der Waals surface area contributed by atoms with Gasteiger partial charge in [-0.15, -0.1) is 0 Å². The second-order valence-corrected chi connectivity index (χ2v) is 6.57. The topological polar surface area (TPSA) is 114 Å². The largest absolute Gasteiger partial charge is 0.456 e. The fraction of sp³-hybridized carbons (Fsp3) is 0.273. The molecule has 30 heavy (non-hydrogen) atoms. The quantitative estimate of drug-likeness (QED) is 0.549. The molecular formula is C22H25N3O5. The first-order valence-corrected chi connectivity index (χ1v) is 9.57. The Hall–Kier alpha value is -3.68. The van der Waals surface area contributed by atoms with E-state index in [1.54, 1.807) is 36.4 Å². The number of nitrogens with one attached hydrogen (secondary N) is 3. The summed E-state index contributed by atoms with van der Waals surface area (Å²) >= 11 is 0. The van der Waals surface area contributed by atoms with Crippen LogP contribution in [0.3, 0.4) is 0 Å². The van der Waals surface area contributed by atoms with Gasteiger partial charge < -0.3 is 20.7 Å². The van der Waals surface area contributed by atoms with E-state index >= 15 is 0 Å². The van der Waals surface area contributed by atoms with Gasteiger partial charge in [-0.3, -0.25) is 19.2 Å². The highest BCUT2D eigenvalue weighted by Crippen LogP contribution is 2.14. The van der Waals surface area contributed by atoms with E-state index in [1.807, 2.05) is 19.1 Å². The molecule has 8 heteroatoms. The zero-order valence-corrected chi connectivity index (χ0v) is 17.0. The molecule has 0 aromatic heterocycles. The molecule has 0 aliphatic heterocycles. The highest BCUT2D eigenvalue weighted by atomic mass is 16.5. The van der Waals surface area contributed by atoms with E-state index < -0.39 is 18.5 Å². The van der Waals surface area contributed by atoms with Crippen LogP contribution < -0.4 is 16.0 Å². The highest BCUT2D eigenvalue weighted by molar-refractivity contribution is 5.95. The van der Waals surface area contributed by atoms with Gasteiger partial charge in [0.1, 0.15) is 0 Å². The van der Waals surface area contributed by atoms with E-state index in [2.05, 4.69) is 16.0 Å². The second-order valence-electron chi connectivity index (χ2n) is 6.57. The van der Waals surface area contributed by atoms with Gasteiger partial charge in [0.05, 0.1) is 6.42 Å². The lowest BCUT2D eigenvalue weighted by Gasteiger charge is -2.08. The van der Waals surface area contributed by atoms with E-state index in [1.165, 1.54) is 6.92 Å². The number of carbonyl (C=O) groups is 4. The minimum Gasteiger partial charge on any atom is -0.456 e. The lowest BCUT2D eigenvalue weighted by Crippen LogP contribution is -2.21. The Kier molecular flexibility index (Phi) is 8.56. The lowest BCUT2D eigenvalue weighted by molar-refractivity contribution is -0.147. The molecule has 0 radical (unpaired) electrons. The molecule has 0 spiro atoms. The van der Waals surface area contributed by atoms with Crippen molar-refractivity contribution in [1.82, 2.24) is 0 Å². The van der Waals surface area contributed by atoms with Crippen molar-refractivity contribution < 1.29 is 23.9 Å². The number of benzene rings is 2. The van der Waals surface area contributed by atoms with E-state index in [0.29, 0.717) is 17.1 Å². The molecule has 0 unspecified atom stereocenters. The SMILES string of the molecule is CCc1ccc(NC(=O)COC(=O)CCC(=O)Nc2ccc(NC(C)=O)cc2)cc1. The van der Waals surface area contributed by atoms with Crippen LogP contribution in [0.2, 0.25) is 0 Å². The first-order chi connectivity index (χ1) is 14.4. The van der Waals surface area contributed by atoms with Crippen molar-refractivity contribution in [2.45, 2.75) is 33.1 Å². The third kappa shape index (κ3) is 8.14. The van der Waals surface area contributed by atoms with Crippen molar-refractivity contribution in [2.75, 3.05) is 22.6 Å². The molecule has 0 aliphatic carbocycles. The number of hydrogen-bond donors (Lipinski definition) is 3. The van der Waals surface area contributed by atoms with Crippen LogP contribution in [-0.4, -0.2) is 30.3 Å². The standard InChI is InChI=1S/C22H25N3O5/c1-3-16-4-6-18(7-5-16)25-21(28)14-30-22(29)13-12-20(27)24-19-10-8-17(9-11-19)23-15(2)26/h4-11H,3,12-14H2,1-2H3,(H,23,26)(H,24,27)(H,25,28). The average molecular weight is 411 g/mol. The van der Waals surface area contributed by atoms with E-state index in [-0.39, 0.29) is 24.7 Å². The molecule has 0 atom stereocenters. The number of esters is 1. The monoisotopic (exact) mass is 411 g/mol. The molecule has 0 fully saturated rings. The average Bonchev–Trinajstić information content (AvgIpc) is 2.72. The molecule has 2 rings (SSSR count). The Morgan fingerprint density at radius 2 is 1.23 bits per heavy atom. The Labute approximate surface area is 175 Å². The van der Waals surface area contributed by atoms with E-state index in [9.17, 15) is 19.2 Å². The summed E-state index contributed by atoms with van der Waals surface area (Å²) in [5.74, 6) is -1.63. The van der Waals surface area contributed by atoms with Gasteiger partial charge in [0.15, 0.2) is 6.61 Å². The number of amides is 3. The van der Waals surface area contributed by atoms with Crippen LogP contribution in [0.15, 0.2) is 48.5 Å². The summed E-state index contributed by atoms with van der Waals surface area (Å²) in [6.45, 7) is 3.03. The van der Waals surface area contributed by atoms with Crippen LogP contribution in [0.25, 0.3) is 0 Å². The molecule has 0 saturated carbocycles. The minimum absolute atomic E-state index is 0.0770. The molecule has 0 aliphatic rings. The van der Waals surface area contributed by atoms with Crippen molar-refractivity contribution in [3.8, 4) is 0 Å². The van der Waals surface area contributed by atoms with Crippen molar-refractivity contribution in [1.29, 1.82) is 0 Å².